The van der Waals surface area contributed by atoms with Gasteiger partial charge in [0.25, 0.3) is 5.91 Å². The van der Waals surface area contributed by atoms with E-state index in [4.69, 9.17) is 0 Å². The van der Waals surface area contributed by atoms with E-state index in [1.165, 1.54) is 16.2 Å². The normalized spacial score (nSPS) is 10.3. The number of aromatic nitrogens is 1. The van der Waals surface area contributed by atoms with Crippen molar-refractivity contribution in [1.82, 2.24) is 4.98 Å². The van der Waals surface area contributed by atoms with Crippen LogP contribution in [0, 0.1) is 0 Å². The fourth-order valence-electron chi connectivity index (χ4n) is 2.31. The van der Waals surface area contributed by atoms with Crippen molar-refractivity contribution in [3.05, 3.63) is 77.3 Å². The number of nitrogens with one attached hydrogen (secondary N) is 1. The third kappa shape index (κ3) is 4.30. The first-order chi connectivity index (χ1) is 12.1. The first-order valence-electron chi connectivity index (χ1n) is 7.76. The number of benzene rings is 2. The zero-order valence-electron chi connectivity index (χ0n) is 13.7. The standard InChI is InChI=1S/C19H17N3O2S/c1-22(15-10-6-3-7-11-15)18(24)16-13-25-19(20-16)21-17(23)12-14-8-4-2-5-9-14/h2-11,13H,12H2,1H3,(H,20,21,23). The van der Waals surface area contributed by atoms with E-state index in [2.05, 4.69) is 10.3 Å². The molecule has 0 atom stereocenters. The number of nitrogens with zero attached hydrogens (tertiary/aromatic N) is 2. The topological polar surface area (TPSA) is 62.3 Å². The third-order valence-corrected chi connectivity index (χ3v) is 4.38. The number of amides is 2. The number of hydrogen-bond acceptors (Lipinski definition) is 4. The Labute approximate surface area is 149 Å². The molecule has 1 aromatic heterocycles. The molecular weight excluding hydrogens is 334 g/mol. The van der Waals surface area contributed by atoms with Gasteiger partial charge in [0, 0.05) is 18.1 Å². The summed E-state index contributed by atoms with van der Waals surface area (Å²) in [6.07, 6.45) is 0.271. The van der Waals surface area contributed by atoms with Gasteiger partial charge >= 0.3 is 0 Å². The van der Waals surface area contributed by atoms with Crippen LogP contribution in [-0.4, -0.2) is 23.8 Å². The molecule has 2 aromatic carbocycles. The summed E-state index contributed by atoms with van der Waals surface area (Å²) < 4.78 is 0. The van der Waals surface area contributed by atoms with E-state index >= 15 is 0 Å². The highest BCUT2D eigenvalue weighted by Crippen LogP contribution is 2.19. The van der Waals surface area contributed by atoms with Crippen molar-refractivity contribution < 1.29 is 9.59 Å². The molecule has 126 valence electrons. The van der Waals surface area contributed by atoms with E-state index in [0.29, 0.717) is 10.8 Å². The van der Waals surface area contributed by atoms with Gasteiger partial charge < -0.3 is 10.2 Å². The molecule has 0 fully saturated rings. The van der Waals surface area contributed by atoms with Crippen LogP contribution in [0.15, 0.2) is 66.0 Å². The molecule has 1 N–H and O–H groups in total. The van der Waals surface area contributed by atoms with Crippen molar-refractivity contribution in [2.45, 2.75) is 6.42 Å². The molecule has 0 saturated carbocycles. The quantitative estimate of drug-likeness (QED) is 0.764. The predicted octanol–water partition coefficient (Wildman–Crippen LogP) is 3.60. The third-order valence-electron chi connectivity index (χ3n) is 3.63. The van der Waals surface area contributed by atoms with E-state index in [-0.39, 0.29) is 18.2 Å². The van der Waals surface area contributed by atoms with Gasteiger partial charge in [-0.25, -0.2) is 4.98 Å². The molecule has 0 aliphatic rings. The van der Waals surface area contributed by atoms with Gasteiger partial charge in [0.2, 0.25) is 5.91 Å². The lowest BCUT2D eigenvalue weighted by Crippen LogP contribution is -2.26. The lowest BCUT2D eigenvalue weighted by atomic mass is 10.1. The molecule has 0 spiro atoms. The summed E-state index contributed by atoms with van der Waals surface area (Å²) in [6, 6.07) is 18.8. The van der Waals surface area contributed by atoms with Crippen LogP contribution in [-0.2, 0) is 11.2 Å². The van der Waals surface area contributed by atoms with Crippen LogP contribution >= 0.6 is 11.3 Å². The van der Waals surface area contributed by atoms with E-state index < -0.39 is 0 Å². The molecule has 0 aliphatic carbocycles. The Morgan fingerprint density at radius 1 is 1.04 bits per heavy atom. The molecule has 0 aliphatic heterocycles. The van der Waals surface area contributed by atoms with Gasteiger partial charge in [0.1, 0.15) is 5.69 Å². The van der Waals surface area contributed by atoms with Gasteiger partial charge in [-0.15, -0.1) is 11.3 Å². The first kappa shape index (κ1) is 16.9. The predicted molar refractivity (Wildman–Crippen MR) is 100 cm³/mol. The maximum Gasteiger partial charge on any atom is 0.277 e. The molecule has 0 unspecified atom stereocenters. The fraction of sp³-hybridized carbons (Fsp3) is 0.105. The highest BCUT2D eigenvalue weighted by Gasteiger charge is 2.17. The number of anilines is 2. The Morgan fingerprint density at radius 3 is 2.36 bits per heavy atom. The van der Waals surface area contributed by atoms with E-state index in [0.717, 1.165) is 11.3 Å². The molecular formula is C19H17N3O2S. The number of carbonyl (C=O) groups excluding carboxylic acids is 2. The monoisotopic (exact) mass is 351 g/mol. The largest absolute Gasteiger partial charge is 0.310 e. The summed E-state index contributed by atoms with van der Waals surface area (Å²) in [5.41, 5.74) is 2.03. The number of carbonyl (C=O) groups is 2. The Bertz CT molecular complexity index is 863. The van der Waals surface area contributed by atoms with Crippen molar-refractivity contribution in [1.29, 1.82) is 0 Å². The summed E-state index contributed by atoms with van der Waals surface area (Å²) in [5.74, 6) is -0.373. The minimum atomic E-state index is -0.217. The number of para-hydroxylation sites is 1. The van der Waals surface area contributed by atoms with Crippen LogP contribution in [0.2, 0.25) is 0 Å². The summed E-state index contributed by atoms with van der Waals surface area (Å²) in [7, 11) is 1.70. The summed E-state index contributed by atoms with van der Waals surface area (Å²) in [4.78, 5) is 30.3. The van der Waals surface area contributed by atoms with Crippen LogP contribution < -0.4 is 10.2 Å². The summed E-state index contributed by atoms with van der Waals surface area (Å²) in [5, 5.41) is 4.82. The zero-order valence-corrected chi connectivity index (χ0v) is 14.5. The average Bonchev–Trinajstić information content (AvgIpc) is 3.10. The molecule has 0 radical (unpaired) electrons. The molecule has 3 aromatic rings. The second-order valence-corrected chi connectivity index (χ2v) is 6.31. The Balaban J connectivity index is 1.64. The van der Waals surface area contributed by atoms with Crippen molar-refractivity contribution in [3.63, 3.8) is 0 Å². The SMILES string of the molecule is CN(C(=O)c1csc(NC(=O)Cc2ccccc2)n1)c1ccccc1. The summed E-state index contributed by atoms with van der Waals surface area (Å²) >= 11 is 1.24. The fourth-order valence-corrected chi connectivity index (χ4v) is 3.02. The molecule has 0 saturated heterocycles. The Morgan fingerprint density at radius 2 is 1.68 bits per heavy atom. The zero-order chi connectivity index (χ0) is 17.6. The van der Waals surface area contributed by atoms with E-state index in [1.54, 1.807) is 12.4 Å². The van der Waals surface area contributed by atoms with Crippen molar-refractivity contribution in [2.75, 3.05) is 17.3 Å². The van der Waals surface area contributed by atoms with Gasteiger partial charge in [-0.05, 0) is 17.7 Å². The maximum atomic E-state index is 12.5. The lowest BCUT2D eigenvalue weighted by Gasteiger charge is -2.15. The second kappa shape index (κ2) is 7.72. The molecule has 5 nitrogen and oxygen atoms in total. The summed E-state index contributed by atoms with van der Waals surface area (Å²) in [6.45, 7) is 0. The van der Waals surface area contributed by atoms with Crippen molar-refractivity contribution in [2.24, 2.45) is 0 Å². The van der Waals surface area contributed by atoms with E-state index in [1.807, 2.05) is 60.7 Å². The van der Waals surface area contributed by atoms with Gasteiger partial charge in [-0.2, -0.15) is 0 Å². The molecule has 1 heterocycles. The van der Waals surface area contributed by atoms with E-state index in [9.17, 15) is 9.59 Å². The Kier molecular flexibility index (Phi) is 5.20. The van der Waals surface area contributed by atoms with Crippen LogP contribution in [0.3, 0.4) is 0 Å². The molecule has 0 bridgehead atoms. The number of rotatable bonds is 5. The minimum absolute atomic E-state index is 0.157. The molecule has 3 rings (SSSR count). The lowest BCUT2D eigenvalue weighted by molar-refractivity contribution is -0.115. The highest BCUT2D eigenvalue weighted by molar-refractivity contribution is 7.14. The van der Waals surface area contributed by atoms with Gasteiger partial charge in [0.05, 0.1) is 6.42 Å². The first-order valence-corrected chi connectivity index (χ1v) is 8.64. The number of thiazole rings is 1. The number of hydrogen-bond donors (Lipinski definition) is 1. The maximum absolute atomic E-state index is 12.5. The van der Waals surface area contributed by atoms with Gasteiger partial charge in [0.15, 0.2) is 5.13 Å². The van der Waals surface area contributed by atoms with Crippen LogP contribution in [0.1, 0.15) is 16.1 Å². The Hall–Kier alpha value is -2.99. The van der Waals surface area contributed by atoms with Crippen molar-refractivity contribution >= 4 is 34.0 Å². The van der Waals surface area contributed by atoms with Crippen LogP contribution in [0.5, 0.6) is 0 Å². The van der Waals surface area contributed by atoms with Crippen LogP contribution in [0.4, 0.5) is 10.8 Å². The molecule has 6 heteroatoms. The van der Waals surface area contributed by atoms with Gasteiger partial charge in [-0.3, -0.25) is 9.59 Å². The smallest absolute Gasteiger partial charge is 0.277 e. The average molecular weight is 351 g/mol. The highest BCUT2D eigenvalue weighted by atomic mass is 32.1. The molecule has 25 heavy (non-hydrogen) atoms. The minimum Gasteiger partial charge on any atom is -0.310 e. The van der Waals surface area contributed by atoms with Crippen LogP contribution in [0.25, 0.3) is 0 Å². The molecule has 2 amide bonds. The second-order valence-electron chi connectivity index (χ2n) is 5.45. The van der Waals surface area contributed by atoms with Crippen molar-refractivity contribution in [3.8, 4) is 0 Å². The van der Waals surface area contributed by atoms with Gasteiger partial charge in [-0.1, -0.05) is 48.5 Å².